The molecular weight excluding hydrogens is 166 g/mol. The first-order valence-electron chi connectivity index (χ1n) is 4.54. The molecule has 0 atom stereocenters. The van der Waals surface area contributed by atoms with Gasteiger partial charge in [-0.25, -0.2) is 0 Å². The number of carbonyl (C=O) groups excluding carboxylic acids is 1. The SMILES string of the molecule is CC(C)NC(=O)CNCCCC#N. The molecule has 0 heterocycles. The fourth-order valence-electron chi connectivity index (χ4n) is 0.867. The zero-order valence-corrected chi connectivity index (χ0v) is 8.26. The number of unbranched alkanes of at least 4 members (excludes halogenated alkanes) is 1. The molecule has 0 unspecified atom stereocenters. The van der Waals surface area contributed by atoms with Crippen molar-refractivity contribution in [2.45, 2.75) is 32.7 Å². The second-order valence-electron chi connectivity index (χ2n) is 3.16. The molecular formula is C9H17N3O. The van der Waals surface area contributed by atoms with Crippen LogP contribution in [0.25, 0.3) is 0 Å². The van der Waals surface area contributed by atoms with Crippen molar-refractivity contribution >= 4 is 5.91 Å². The van der Waals surface area contributed by atoms with E-state index in [4.69, 9.17) is 5.26 Å². The lowest BCUT2D eigenvalue weighted by molar-refractivity contribution is -0.120. The maximum Gasteiger partial charge on any atom is 0.234 e. The van der Waals surface area contributed by atoms with Gasteiger partial charge in [0.1, 0.15) is 0 Å². The summed E-state index contributed by atoms with van der Waals surface area (Å²) < 4.78 is 0. The molecule has 4 heteroatoms. The van der Waals surface area contributed by atoms with Crippen molar-refractivity contribution in [3.8, 4) is 6.07 Å². The van der Waals surface area contributed by atoms with E-state index in [-0.39, 0.29) is 11.9 Å². The van der Waals surface area contributed by atoms with Crippen LogP contribution in [0.15, 0.2) is 0 Å². The normalized spacial score (nSPS) is 9.69. The van der Waals surface area contributed by atoms with Gasteiger partial charge in [-0.15, -0.1) is 0 Å². The van der Waals surface area contributed by atoms with Gasteiger partial charge in [0.2, 0.25) is 5.91 Å². The summed E-state index contributed by atoms with van der Waals surface area (Å²) >= 11 is 0. The molecule has 0 spiro atoms. The second kappa shape index (κ2) is 7.56. The number of hydrogen-bond acceptors (Lipinski definition) is 3. The topological polar surface area (TPSA) is 64.9 Å². The Labute approximate surface area is 79.3 Å². The van der Waals surface area contributed by atoms with Crippen molar-refractivity contribution in [1.82, 2.24) is 10.6 Å². The van der Waals surface area contributed by atoms with E-state index >= 15 is 0 Å². The van der Waals surface area contributed by atoms with Crippen LogP contribution in [-0.2, 0) is 4.79 Å². The van der Waals surface area contributed by atoms with Gasteiger partial charge in [0.25, 0.3) is 0 Å². The van der Waals surface area contributed by atoms with Crippen molar-refractivity contribution in [2.24, 2.45) is 0 Å². The Hall–Kier alpha value is -1.08. The molecule has 1 amide bonds. The third kappa shape index (κ3) is 8.83. The van der Waals surface area contributed by atoms with Crippen molar-refractivity contribution in [3.05, 3.63) is 0 Å². The molecule has 0 radical (unpaired) electrons. The van der Waals surface area contributed by atoms with Gasteiger partial charge < -0.3 is 10.6 Å². The fraction of sp³-hybridized carbons (Fsp3) is 0.778. The Morgan fingerprint density at radius 3 is 2.77 bits per heavy atom. The summed E-state index contributed by atoms with van der Waals surface area (Å²) in [5, 5.41) is 14.0. The standard InChI is InChI=1S/C9H17N3O/c1-8(2)12-9(13)7-11-6-4-3-5-10/h8,11H,3-4,6-7H2,1-2H3,(H,12,13). The van der Waals surface area contributed by atoms with Gasteiger partial charge >= 0.3 is 0 Å². The Morgan fingerprint density at radius 1 is 1.54 bits per heavy atom. The van der Waals surface area contributed by atoms with Crippen molar-refractivity contribution < 1.29 is 4.79 Å². The molecule has 0 rings (SSSR count). The van der Waals surface area contributed by atoms with Gasteiger partial charge in [0, 0.05) is 12.5 Å². The highest BCUT2D eigenvalue weighted by molar-refractivity contribution is 5.78. The molecule has 0 aromatic rings. The van der Waals surface area contributed by atoms with Gasteiger partial charge in [-0.3, -0.25) is 4.79 Å². The van der Waals surface area contributed by atoms with Gasteiger partial charge in [-0.1, -0.05) is 0 Å². The highest BCUT2D eigenvalue weighted by Crippen LogP contribution is 1.82. The fourth-order valence-corrected chi connectivity index (χ4v) is 0.867. The van der Waals surface area contributed by atoms with Crippen molar-refractivity contribution in [3.63, 3.8) is 0 Å². The summed E-state index contributed by atoms with van der Waals surface area (Å²) in [5.74, 6) is 0.00644. The van der Waals surface area contributed by atoms with E-state index in [2.05, 4.69) is 10.6 Å². The molecule has 0 aromatic heterocycles. The molecule has 4 nitrogen and oxygen atoms in total. The number of rotatable bonds is 6. The maximum absolute atomic E-state index is 11.0. The quantitative estimate of drug-likeness (QED) is 0.586. The summed E-state index contributed by atoms with van der Waals surface area (Å²) in [6.45, 7) is 4.91. The van der Waals surface area contributed by atoms with Crippen LogP contribution >= 0.6 is 0 Å². The Morgan fingerprint density at radius 2 is 2.23 bits per heavy atom. The number of nitriles is 1. The summed E-state index contributed by atoms with van der Waals surface area (Å²) in [4.78, 5) is 11.0. The van der Waals surface area contributed by atoms with Gasteiger partial charge in [0.05, 0.1) is 12.6 Å². The minimum absolute atomic E-state index is 0.00644. The van der Waals surface area contributed by atoms with E-state index in [1.54, 1.807) is 0 Å². The van der Waals surface area contributed by atoms with Crippen LogP contribution in [0.5, 0.6) is 0 Å². The van der Waals surface area contributed by atoms with Crippen LogP contribution in [0, 0.1) is 11.3 Å². The monoisotopic (exact) mass is 183 g/mol. The van der Waals surface area contributed by atoms with Crippen LogP contribution in [-0.4, -0.2) is 25.0 Å². The number of carbonyl (C=O) groups is 1. The molecule has 0 aromatic carbocycles. The first kappa shape index (κ1) is 11.9. The van der Waals surface area contributed by atoms with E-state index in [0.29, 0.717) is 13.0 Å². The summed E-state index contributed by atoms with van der Waals surface area (Å²) in [5.41, 5.74) is 0. The van der Waals surface area contributed by atoms with Gasteiger partial charge in [0.15, 0.2) is 0 Å². The molecule has 0 saturated carbocycles. The third-order valence-electron chi connectivity index (χ3n) is 1.38. The average Bonchev–Trinajstić information content (AvgIpc) is 2.02. The molecule has 0 aliphatic rings. The predicted molar refractivity (Wildman–Crippen MR) is 51.0 cm³/mol. The number of amides is 1. The lowest BCUT2D eigenvalue weighted by Crippen LogP contribution is -2.37. The first-order valence-corrected chi connectivity index (χ1v) is 4.54. The molecule has 74 valence electrons. The number of nitrogens with zero attached hydrogens (tertiary/aromatic N) is 1. The summed E-state index contributed by atoms with van der Waals surface area (Å²) in [7, 11) is 0. The molecule has 0 bridgehead atoms. The average molecular weight is 183 g/mol. The number of nitrogens with one attached hydrogen (secondary N) is 2. The minimum atomic E-state index is 0.00644. The highest BCUT2D eigenvalue weighted by atomic mass is 16.1. The predicted octanol–water partition coefficient (Wildman–Crippen LogP) is 0.404. The van der Waals surface area contributed by atoms with E-state index < -0.39 is 0 Å². The van der Waals surface area contributed by atoms with Crippen molar-refractivity contribution in [1.29, 1.82) is 5.26 Å². The molecule has 13 heavy (non-hydrogen) atoms. The first-order chi connectivity index (χ1) is 6.16. The Balaban J connectivity index is 3.23. The lowest BCUT2D eigenvalue weighted by atomic mass is 10.3. The van der Waals surface area contributed by atoms with E-state index in [1.807, 2.05) is 19.9 Å². The molecule has 0 aliphatic heterocycles. The smallest absolute Gasteiger partial charge is 0.234 e. The zero-order chi connectivity index (χ0) is 10.1. The molecule has 2 N–H and O–H groups in total. The lowest BCUT2D eigenvalue weighted by Gasteiger charge is -2.08. The molecule has 0 aliphatic carbocycles. The van der Waals surface area contributed by atoms with Crippen LogP contribution in [0.4, 0.5) is 0 Å². The molecule has 0 fully saturated rings. The van der Waals surface area contributed by atoms with Gasteiger partial charge in [-0.2, -0.15) is 5.26 Å². The van der Waals surface area contributed by atoms with Crippen molar-refractivity contribution in [2.75, 3.05) is 13.1 Å². The largest absolute Gasteiger partial charge is 0.353 e. The summed E-state index contributed by atoms with van der Waals surface area (Å²) in [6.07, 6.45) is 1.34. The third-order valence-corrected chi connectivity index (χ3v) is 1.38. The molecule has 0 saturated heterocycles. The van der Waals surface area contributed by atoms with Crippen LogP contribution in [0.3, 0.4) is 0 Å². The minimum Gasteiger partial charge on any atom is -0.353 e. The van der Waals surface area contributed by atoms with Gasteiger partial charge in [-0.05, 0) is 26.8 Å². The Bertz CT molecular complexity index is 184. The van der Waals surface area contributed by atoms with E-state index in [0.717, 1.165) is 13.0 Å². The summed E-state index contributed by atoms with van der Waals surface area (Å²) in [6, 6.07) is 2.24. The van der Waals surface area contributed by atoms with Crippen LogP contribution < -0.4 is 10.6 Å². The van der Waals surface area contributed by atoms with Crippen LogP contribution in [0.2, 0.25) is 0 Å². The second-order valence-corrected chi connectivity index (χ2v) is 3.16. The maximum atomic E-state index is 11.0. The van der Waals surface area contributed by atoms with E-state index in [1.165, 1.54) is 0 Å². The van der Waals surface area contributed by atoms with Crippen LogP contribution in [0.1, 0.15) is 26.7 Å². The Kier molecular flexibility index (Phi) is 6.93. The highest BCUT2D eigenvalue weighted by Gasteiger charge is 2.00. The zero-order valence-electron chi connectivity index (χ0n) is 8.26. The van der Waals surface area contributed by atoms with E-state index in [9.17, 15) is 4.79 Å². The number of hydrogen-bond donors (Lipinski definition) is 2.